The number of ether oxygens (including phenoxy) is 1. The molecular formula is C14H22O2. The van der Waals surface area contributed by atoms with Crippen molar-refractivity contribution in [3.05, 3.63) is 24.0 Å². The predicted molar refractivity (Wildman–Crippen MR) is 66.1 cm³/mol. The molecule has 16 heavy (non-hydrogen) atoms. The minimum Gasteiger partial charge on any atom is -0.497 e. The molecule has 0 aromatic carbocycles. The van der Waals surface area contributed by atoms with E-state index in [1.807, 2.05) is 0 Å². The smallest absolute Gasteiger partial charge is 0.162 e. The molecule has 2 atom stereocenters. The molecule has 1 aliphatic rings. The highest BCUT2D eigenvalue weighted by atomic mass is 16.5. The van der Waals surface area contributed by atoms with Crippen LogP contribution in [-0.4, -0.2) is 11.9 Å². The normalized spacial score (nSPS) is 21.4. The average molecular weight is 222 g/mol. The van der Waals surface area contributed by atoms with Gasteiger partial charge in [-0.15, -0.1) is 0 Å². The van der Waals surface area contributed by atoms with E-state index in [0.29, 0.717) is 12.3 Å². The highest BCUT2D eigenvalue weighted by Gasteiger charge is 2.18. The average Bonchev–Trinajstić information content (AvgIpc) is 2.16. The number of carbonyl (C=O) groups is 1. The van der Waals surface area contributed by atoms with Gasteiger partial charge >= 0.3 is 0 Å². The molecule has 0 amide bonds. The first-order valence-electron chi connectivity index (χ1n) is 6.06. The molecule has 0 saturated heterocycles. The summed E-state index contributed by atoms with van der Waals surface area (Å²) in [5.41, 5.74) is 1.37. The SMILES string of the molecule is CC(C)=CCC[C@H](C)CC1CC(=O)C=CO1. The first-order chi connectivity index (χ1) is 7.58. The number of hydrogen-bond donors (Lipinski definition) is 0. The van der Waals surface area contributed by atoms with Crippen LogP contribution in [-0.2, 0) is 9.53 Å². The lowest BCUT2D eigenvalue weighted by atomic mass is 9.95. The number of allylic oxidation sites excluding steroid dienone is 3. The van der Waals surface area contributed by atoms with Gasteiger partial charge in [-0.1, -0.05) is 18.6 Å². The molecule has 1 rings (SSSR count). The van der Waals surface area contributed by atoms with Gasteiger partial charge in [0.15, 0.2) is 5.78 Å². The summed E-state index contributed by atoms with van der Waals surface area (Å²) in [6.45, 7) is 6.47. The Morgan fingerprint density at radius 1 is 1.62 bits per heavy atom. The van der Waals surface area contributed by atoms with Crippen LogP contribution in [0.3, 0.4) is 0 Å². The van der Waals surface area contributed by atoms with Gasteiger partial charge in [0, 0.05) is 12.5 Å². The van der Waals surface area contributed by atoms with Crippen LogP contribution < -0.4 is 0 Å². The maximum atomic E-state index is 11.2. The fraction of sp³-hybridized carbons (Fsp3) is 0.643. The third kappa shape index (κ3) is 5.15. The minimum atomic E-state index is 0.0965. The standard InChI is InChI=1S/C14H22O2/c1-11(2)5-4-6-12(3)9-14-10-13(15)7-8-16-14/h5,7-8,12,14H,4,6,9-10H2,1-3H3/t12-,14?/m0/s1. The second-order valence-corrected chi connectivity index (χ2v) is 4.93. The lowest BCUT2D eigenvalue weighted by Gasteiger charge is -2.21. The lowest BCUT2D eigenvalue weighted by Crippen LogP contribution is -2.21. The Bertz CT molecular complexity index is 285. The molecule has 0 aliphatic carbocycles. The topological polar surface area (TPSA) is 26.3 Å². The molecule has 0 radical (unpaired) electrons. The van der Waals surface area contributed by atoms with Crippen LogP contribution in [0.2, 0.25) is 0 Å². The van der Waals surface area contributed by atoms with Gasteiger partial charge in [0.25, 0.3) is 0 Å². The second kappa shape index (κ2) is 6.51. The summed E-state index contributed by atoms with van der Waals surface area (Å²) in [7, 11) is 0. The third-order valence-corrected chi connectivity index (χ3v) is 2.83. The molecular weight excluding hydrogens is 200 g/mol. The van der Waals surface area contributed by atoms with Crippen molar-refractivity contribution in [1.29, 1.82) is 0 Å². The Kier molecular flexibility index (Phi) is 5.30. The summed E-state index contributed by atoms with van der Waals surface area (Å²) in [6.07, 6.45) is 9.24. The highest BCUT2D eigenvalue weighted by molar-refractivity contribution is 5.90. The monoisotopic (exact) mass is 222 g/mol. The minimum absolute atomic E-state index is 0.0965. The summed E-state index contributed by atoms with van der Waals surface area (Å²) < 4.78 is 5.43. The van der Waals surface area contributed by atoms with Crippen molar-refractivity contribution < 1.29 is 9.53 Å². The molecule has 2 nitrogen and oxygen atoms in total. The van der Waals surface area contributed by atoms with Crippen molar-refractivity contribution in [3.8, 4) is 0 Å². The number of ketones is 1. The molecule has 0 bridgehead atoms. The molecule has 1 heterocycles. The van der Waals surface area contributed by atoms with Crippen LogP contribution >= 0.6 is 0 Å². The fourth-order valence-electron chi connectivity index (χ4n) is 1.93. The van der Waals surface area contributed by atoms with Crippen LogP contribution in [0.5, 0.6) is 0 Å². The van der Waals surface area contributed by atoms with Gasteiger partial charge in [0.2, 0.25) is 0 Å². The molecule has 0 fully saturated rings. The van der Waals surface area contributed by atoms with Crippen LogP contribution in [0.4, 0.5) is 0 Å². The van der Waals surface area contributed by atoms with Gasteiger partial charge in [0.1, 0.15) is 6.10 Å². The first kappa shape index (κ1) is 13.0. The first-order valence-corrected chi connectivity index (χ1v) is 6.06. The third-order valence-electron chi connectivity index (χ3n) is 2.83. The summed E-state index contributed by atoms with van der Waals surface area (Å²) in [6, 6.07) is 0. The predicted octanol–water partition coefficient (Wildman–Crippen LogP) is 3.63. The van der Waals surface area contributed by atoms with Crippen molar-refractivity contribution in [2.75, 3.05) is 0 Å². The van der Waals surface area contributed by atoms with Crippen LogP contribution in [0, 0.1) is 5.92 Å². The molecule has 0 aromatic rings. The van der Waals surface area contributed by atoms with Gasteiger partial charge in [-0.05, 0) is 39.0 Å². The van der Waals surface area contributed by atoms with E-state index >= 15 is 0 Å². The van der Waals surface area contributed by atoms with Gasteiger partial charge in [0.05, 0.1) is 6.26 Å². The van der Waals surface area contributed by atoms with Crippen molar-refractivity contribution in [2.24, 2.45) is 5.92 Å². The molecule has 2 heteroatoms. The van der Waals surface area contributed by atoms with E-state index in [4.69, 9.17) is 4.74 Å². The zero-order valence-electron chi connectivity index (χ0n) is 10.5. The van der Waals surface area contributed by atoms with Crippen molar-refractivity contribution >= 4 is 5.78 Å². The van der Waals surface area contributed by atoms with Crippen molar-refractivity contribution in [1.82, 2.24) is 0 Å². The van der Waals surface area contributed by atoms with Gasteiger partial charge in [-0.3, -0.25) is 4.79 Å². The van der Waals surface area contributed by atoms with E-state index in [1.165, 1.54) is 18.1 Å². The van der Waals surface area contributed by atoms with E-state index in [9.17, 15) is 4.79 Å². The van der Waals surface area contributed by atoms with E-state index < -0.39 is 0 Å². The molecule has 0 aromatic heterocycles. The van der Waals surface area contributed by atoms with Gasteiger partial charge in [-0.2, -0.15) is 0 Å². The number of rotatable bonds is 5. The van der Waals surface area contributed by atoms with Crippen molar-refractivity contribution in [3.63, 3.8) is 0 Å². The van der Waals surface area contributed by atoms with E-state index in [0.717, 1.165) is 12.8 Å². The zero-order chi connectivity index (χ0) is 12.0. The zero-order valence-corrected chi connectivity index (χ0v) is 10.5. The highest BCUT2D eigenvalue weighted by Crippen LogP contribution is 2.20. The van der Waals surface area contributed by atoms with E-state index in [2.05, 4.69) is 26.8 Å². The van der Waals surface area contributed by atoms with E-state index in [-0.39, 0.29) is 11.9 Å². The van der Waals surface area contributed by atoms with Gasteiger partial charge in [-0.25, -0.2) is 0 Å². The molecule has 0 saturated carbocycles. The van der Waals surface area contributed by atoms with Crippen LogP contribution in [0.1, 0.15) is 46.5 Å². The summed E-state index contributed by atoms with van der Waals surface area (Å²) in [5, 5.41) is 0. The molecule has 0 N–H and O–H groups in total. The van der Waals surface area contributed by atoms with Crippen LogP contribution in [0.25, 0.3) is 0 Å². The Morgan fingerprint density at radius 2 is 2.38 bits per heavy atom. The van der Waals surface area contributed by atoms with Crippen LogP contribution in [0.15, 0.2) is 24.0 Å². The van der Waals surface area contributed by atoms with E-state index in [1.54, 1.807) is 6.26 Å². The molecule has 90 valence electrons. The lowest BCUT2D eigenvalue weighted by molar-refractivity contribution is -0.118. The Labute approximate surface area is 98.4 Å². The summed E-state index contributed by atoms with van der Waals surface area (Å²) in [5.74, 6) is 0.799. The molecule has 1 aliphatic heterocycles. The quantitative estimate of drug-likeness (QED) is 0.664. The largest absolute Gasteiger partial charge is 0.497 e. The Morgan fingerprint density at radius 3 is 3.00 bits per heavy atom. The number of hydrogen-bond acceptors (Lipinski definition) is 2. The Balaban J connectivity index is 2.23. The molecule has 1 unspecified atom stereocenters. The summed E-state index contributed by atoms with van der Waals surface area (Å²) >= 11 is 0. The van der Waals surface area contributed by atoms with Crippen molar-refractivity contribution in [2.45, 2.75) is 52.6 Å². The fourth-order valence-corrected chi connectivity index (χ4v) is 1.93. The number of carbonyl (C=O) groups excluding carboxylic acids is 1. The maximum absolute atomic E-state index is 11.2. The Hall–Kier alpha value is -1.05. The second-order valence-electron chi connectivity index (χ2n) is 4.93. The molecule has 0 spiro atoms. The maximum Gasteiger partial charge on any atom is 0.162 e. The van der Waals surface area contributed by atoms with Gasteiger partial charge < -0.3 is 4.74 Å². The summed E-state index contributed by atoms with van der Waals surface area (Å²) in [4.78, 5) is 11.2.